The van der Waals surface area contributed by atoms with E-state index < -0.39 is 6.10 Å². The van der Waals surface area contributed by atoms with E-state index in [1.165, 1.54) is 18.1 Å². The number of nitrogens with zero attached hydrogens (tertiary/aromatic N) is 1. The number of ether oxygens (including phenoxy) is 1. The van der Waals surface area contributed by atoms with Crippen molar-refractivity contribution in [3.63, 3.8) is 0 Å². The van der Waals surface area contributed by atoms with E-state index in [0.29, 0.717) is 0 Å². The summed E-state index contributed by atoms with van der Waals surface area (Å²) in [5.41, 5.74) is 0.969. The second-order valence-electron chi connectivity index (χ2n) is 4.07. The van der Waals surface area contributed by atoms with Crippen LogP contribution in [-0.4, -0.2) is 49.3 Å². The number of aliphatic hydroxyl groups is 1. The van der Waals surface area contributed by atoms with Gasteiger partial charge in [0.15, 0.2) is 0 Å². The number of rotatable bonds is 6. The van der Waals surface area contributed by atoms with Crippen LogP contribution in [0.25, 0.3) is 6.08 Å². The number of carbonyl (C=O) groups is 1. The Hall–Kier alpha value is -1.65. The molecule has 0 fully saturated rings. The third-order valence-electron chi connectivity index (χ3n) is 2.44. The summed E-state index contributed by atoms with van der Waals surface area (Å²) in [5.74, 6) is -0.144. The van der Waals surface area contributed by atoms with Crippen molar-refractivity contribution in [3.8, 4) is 0 Å². The number of amides is 1. The lowest BCUT2D eigenvalue weighted by Crippen LogP contribution is -2.35. The van der Waals surface area contributed by atoms with Crippen molar-refractivity contribution in [2.45, 2.75) is 6.10 Å². The van der Waals surface area contributed by atoms with E-state index in [-0.39, 0.29) is 19.1 Å². The van der Waals surface area contributed by atoms with E-state index in [2.05, 4.69) is 0 Å². The molecule has 1 unspecified atom stereocenters. The average molecular weight is 249 g/mol. The quantitative estimate of drug-likeness (QED) is 0.770. The van der Waals surface area contributed by atoms with Crippen molar-refractivity contribution in [2.75, 3.05) is 27.3 Å². The first-order chi connectivity index (χ1) is 8.63. The van der Waals surface area contributed by atoms with Gasteiger partial charge in [0.2, 0.25) is 5.91 Å². The van der Waals surface area contributed by atoms with E-state index in [4.69, 9.17) is 4.74 Å². The number of methoxy groups -OCH3 is 1. The van der Waals surface area contributed by atoms with Crippen LogP contribution in [-0.2, 0) is 9.53 Å². The summed E-state index contributed by atoms with van der Waals surface area (Å²) in [6.45, 7) is 0.478. The maximum Gasteiger partial charge on any atom is 0.246 e. The van der Waals surface area contributed by atoms with Gasteiger partial charge in [-0.3, -0.25) is 4.79 Å². The molecule has 0 spiro atoms. The van der Waals surface area contributed by atoms with Gasteiger partial charge in [-0.1, -0.05) is 30.3 Å². The minimum Gasteiger partial charge on any atom is -0.389 e. The molecule has 0 aliphatic carbocycles. The molecule has 1 rings (SSSR count). The predicted octanol–water partition coefficient (Wildman–Crippen LogP) is 1.17. The monoisotopic (exact) mass is 249 g/mol. The Labute approximate surface area is 107 Å². The molecule has 0 bridgehead atoms. The van der Waals surface area contributed by atoms with Crippen molar-refractivity contribution < 1.29 is 14.6 Å². The van der Waals surface area contributed by atoms with E-state index in [1.54, 1.807) is 13.1 Å². The molecular weight excluding hydrogens is 230 g/mol. The topological polar surface area (TPSA) is 49.8 Å². The lowest BCUT2D eigenvalue weighted by molar-refractivity contribution is -0.126. The molecule has 0 radical (unpaired) electrons. The Morgan fingerprint density at radius 1 is 1.44 bits per heavy atom. The molecule has 98 valence electrons. The summed E-state index contributed by atoms with van der Waals surface area (Å²) in [7, 11) is 3.16. The molecule has 18 heavy (non-hydrogen) atoms. The van der Waals surface area contributed by atoms with Crippen molar-refractivity contribution in [3.05, 3.63) is 42.0 Å². The van der Waals surface area contributed by atoms with Gasteiger partial charge in [-0.25, -0.2) is 0 Å². The Bertz CT molecular complexity index is 389. The molecule has 1 amide bonds. The predicted molar refractivity (Wildman–Crippen MR) is 71.0 cm³/mol. The molecule has 0 aliphatic heterocycles. The molecule has 4 nitrogen and oxygen atoms in total. The summed E-state index contributed by atoms with van der Waals surface area (Å²) < 4.78 is 4.81. The van der Waals surface area contributed by atoms with Gasteiger partial charge in [0.25, 0.3) is 0 Å². The maximum atomic E-state index is 11.7. The lowest BCUT2D eigenvalue weighted by atomic mass is 10.2. The fourth-order valence-corrected chi connectivity index (χ4v) is 1.51. The second-order valence-corrected chi connectivity index (χ2v) is 4.07. The molecular formula is C14H19NO3. The van der Waals surface area contributed by atoms with Crippen molar-refractivity contribution in [2.24, 2.45) is 0 Å². The molecule has 0 aromatic heterocycles. The van der Waals surface area contributed by atoms with Gasteiger partial charge in [0.05, 0.1) is 12.7 Å². The van der Waals surface area contributed by atoms with Gasteiger partial charge in [0, 0.05) is 26.8 Å². The summed E-state index contributed by atoms with van der Waals surface area (Å²) in [6, 6.07) is 9.59. The number of aliphatic hydroxyl groups excluding tert-OH is 1. The van der Waals surface area contributed by atoms with E-state index in [0.717, 1.165) is 5.56 Å². The number of benzene rings is 1. The first-order valence-electron chi connectivity index (χ1n) is 5.78. The normalized spacial score (nSPS) is 12.6. The zero-order chi connectivity index (χ0) is 13.4. The summed E-state index contributed by atoms with van der Waals surface area (Å²) in [6.07, 6.45) is 2.59. The molecule has 0 heterocycles. The fraction of sp³-hybridized carbons (Fsp3) is 0.357. The summed E-state index contributed by atoms with van der Waals surface area (Å²) >= 11 is 0. The van der Waals surface area contributed by atoms with Crippen LogP contribution in [0.3, 0.4) is 0 Å². The molecule has 1 atom stereocenters. The van der Waals surface area contributed by atoms with E-state index in [9.17, 15) is 9.90 Å². The Kier molecular flexibility index (Phi) is 6.11. The fourth-order valence-electron chi connectivity index (χ4n) is 1.51. The highest BCUT2D eigenvalue weighted by Gasteiger charge is 2.10. The molecule has 0 saturated carbocycles. The van der Waals surface area contributed by atoms with E-state index >= 15 is 0 Å². The van der Waals surface area contributed by atoms with Gasteiger partial charge in [-0.2, -0.15) is 0 Å². The van der Waals surface area contributed by atoms with Crippen LogP contribution in [0, 0.1) is 0 Å². The summed E-state index contributed by atoms with van der Waals surface area (Å²) in [5, 5.41) is 9.51. The second kappa shape index (κ2) is 7.63. The number of hydrogen-bond donors (Lipinski definition) is 1. The molecule has 0 aliphatic rings. The van der Waals surface area contributed by atoms with Crippen molar-refractivity contribution >= 4 is 12.0 Å². The number of hydrogen-bond acceptors (Lipinski definition) is 3. The Morgan fingerprint density at radius 2 is 2.11 bits per heavy atom. The van der Waals surface area contributed by atoms with Gasteiger partial charge < -0.3 is 14.7 Å². The maximum absolute atomic E-state index is 11.7. The van der Waals surface area contributed by atoms with Crippen LogP contribution in [0.15, 0.2) is 36.4 Å². The third kappa shape index (κ3) is 5.12. The highest BCUT2D eigenvalue weighted by Crippen LogP contribution is 2.02. The standard InChI is InChI=1S/C14H19NO3/c1-15(10-13(16)11-18-2)14(17)9-8-12-6-4-3-5-7-12/h3-9,13,16H,10-11H2,1-2H3/b9-8+. The zero-order valence-electron chi connectivity index (χ0n) is 10.7. The van der Waals surface area contributed by atoms with Crippen LogP contribution in [0.2, 0.25) is 0 Å². The van der Waals surface area contributed by atoms with Crippen LogP contribution in [0.1, 0.15) is 5.56 Å². The minimum absolute atomic E-state index is 0.144. The smallest absolute Gasteiger partial charge is 0.246 e. The third-order valence-corrected chi connectivity index (χ3v) is 2.44. The summed E-state index contributed by atoms with van der Waals surface area (Å²) in [4.78, 5) is 13.2. The highest BCUT2D eigenvalue weighted by atomic mass is 16.5. The average Bonchev–Trinajstić information content (AvgIpc) is 2.37. The Balaban J connectivity index is 2.47. The first kappa shape index (κ1) is 14.4. The zero-order valence-corrected chi connectivity index (χ0v) is 10.7. The lowest BCUT2D eigenvalue weighted by Gasteiger charge is -2.18. The molecule has 1 aromatic carbocycles. The molecule has 4 heteroatoms. The molecule has 1 aromatic rings. The largest absolute Gasteiger partial charge is 0.389 e. The molecule has 0 saturated heterocycles. The van der Waals surface area contributed by atoms with Crippen LogP contribution in [0.4, 0.5) is 0 Å². The number of carbonyl (C=O) groups excluding carboxylic acids is 1. The van der Waals surface area contributed by atoms with Gasteiger partial charge in [0.1, 0.15) is 0 Å². The van der Waals surface area contributed by atoms with Gasteiger partial charge >= 0.3 is 0 Å². The minimum atomic E-state index is -0.658. The molecule has 1 N–H and O–H groups in total. The van der Waals surface area contributed by atoms with Crippen LogP contribution < -0.4 is 0 Å². The Morgan fingerprint density at radius 3 is 2.72 bits per heavy atom. The van der Waals surface area contributed by atoms with E-state index in [1.807, 2.05) is 30.3 Å². The van der Waals surface area contributed by atoms with Crippen LogP contribution in [0.5, 0.6) is 0 Å². The van der Waals surface area contributed by atoms with Crippen molar-refractivity contribution in [1.29, 1.82) is 0 Å². The van der Waals surface area contributed by atoms with Crippen LogP contribution >= 0.6 is 0 Å². The first-order valence-corrected chi connectivity index (χ1v) is 5.78. The van der Waals surface area contributed by atoms with Gasteiger partial charge in [-0.15, -0.1) is 0 Å². The number of likely N-dealkylation sites (N-methyl/N-ethyl adjacent to an activating group) is 1. The highest BCUT2D eigenvalue weighted by molar-refractivity contribution is 5.91. The van der Waals surface area contributed by atoms with Crippen molar-refractivity contribution in [1.82, 2.24) is 4.90 Å². The SMILES string of the molecule is COCC(O)CN(C)C(=O)/C=C/c1ccccc1. The van der Waals surface area contributed by atoms with Gasteiger partial charge in [-0.05, 0) is 11.6 Å².